The summed E-state index contributed by atoms with van der Waals surface area (Å²) >= 11 is 0. The Labute approximate surface area is 89.4 Å². The van der Waals surface area contributed by atoms with Crippen LogP contribution in [0, 0.1) is 0 Å². The van der Waals surface area contributed by atoms with Crippen molar-refractivity contribution in [3.05, 3.63) is 35.4 Å². The van der Waals surface area contributed by atoms with Crippen molar-refractivity contribution in [3.63, 3.8) is 0 Å². The monoisotopic (exact) mass is 205 g/mol. The number of ether oxygens (including phenoxy) is 1. The zero-order chi connectivity index (χ0) is 10.7. The number of carbonyl (C=O) groups is 1. The highest BCUT2D eigenvalue weighted by atomic mass is 16.5. The van der Waals surface area contributed by atoms with Crippen LogP contribution in [0.15, 0.2) is 24.3 Å². The second-order valence-electron chi connectivity index (χ2n) is 3.88. The molecule has 0 aliphatic carbocycles. The highest BCUT2D eigenvalue weighted by molar-refractivity contribution is 5.79. The maximum Gasteiger partial charge on any atom is 0.220 e. The van der Waals surface area contributed by atoms with E-state index in [1.54, 1.807) is 7.11 Å². The lowest BCUT2D eigenvalue weighted by molar-refractivity contribution is -0.119. The quantitative estimate of drug-likeness (QED) is 0.810. The van der Waals surface area contributed by atoms with Crippen molar-refractivity contribution in [2.75, 3.05) is 13.7 Å². The van der Waals surface area contributed by atoms with Crippen molar-refractivity contribution in [1.82, 2.24) is 5.32 Å². The Hall–Kier alpha value is -1.35. The molecule has 3 heteroatoms. The summed E-state index contributed by atoms with van der Waals surface area (Å²) in [7, 11) is 1.69. The van der Waals surface area contributed by atoms with E-state index < -0.39 is 0 Å². The number of amides is 1. The van der Waals surface area contributed by atoms with Gasteiger partial charge in [-0.2, -0.15) is 0 Å². The van der Waals surface area contributed by atoms with Gasteiger partial charge in [-0.3, -0.25) is 4.79 Å². The van der Waals surface area contributed by atoms with Gasteiger partial charge in [0.2, 0.25) is 5.91 Å². The van der Waals surface area contributed by atoms with E-state index in [0.717, 1.165) is 12.1 Å². The van der Waals surface area contributed by atoms with E-state index in [2.05, 4.69) is 17.4 Å². The summed E-state index contributed by atoms with van der Waals surface area (Å²) in [6.45, 7) is 1.39. The minimum absolute atomic E-state index is 0.150. The molecule has 1 amide bonds. The standard InChI is InChI=1S/C12H15NO2/c1-15-8-9-3-2-4-10(5-9)11-6-12(14)13-7-11/h2-5,11H,6-8H2,1H3,(H,13,14). The Morgan fingerprint density at radius 3 is 3.07 bits per heavy atom. The van der Waals surface area contributed by atoms with E-state index in [4.69, 9.17) is 4.74 Å². The number of rotatable bonds is 3. The molecule has 1 unspecified atom stereocenters. The van der Waals surface area contributed by atoms with Crippen LogP contribution in [0.3, 0.4) is 0 Å². The number of nitrogens with one attached hydrogen (secondary N) is 1. The fourth-order valence-electron chi connectivity index (χ4n) is 1.94. The van der Waals surface area contributed by atoms with Crippen molar-refractivity contribution >= 4 is 5.91 Å². The number of methoxy groups -OCH3 is 1. The fraction of sp³-hybridized carbons (Fsp3) is 0.417. The average molecular weight is 205 g/mol. The molecular formula is C12H15NO2. The van der Waals surface area contributed by atoms with Gasteiger partial charge < -0.3 is 10.1 Å². The van der Waals surface area contributed by atoms with Crippen molar-refractivity contribution in [3.8, 4) is 0 Å². The van der Waals surface area contributed by atoms with Crippen LogP contribution in [0.1, 0.15) is 23.5 Å². The Kier molecular flexibility index (Phi) is 3.02. The second kappa shape index (κ2) is 4.45. The van der Waals surface area contributed by atoms with E-state index in [-0.39, 0.29) is 5.91 Å². The summed E-state index contributed by atoms with van der Waals surface area (Å²) in [6.07, 6.45) is 0.608. The molecular weight excluding hydrogens is 190 g/mol. The molecule has 1 heterocycles. The van der Waals surface area contributed by atoms with E-state index in [1.807, 2.05) is 12.1 Å². The fourth-order valence-corrected chi connectivity index (χ4v) is 1.94. The molecule has 80 valence electrons. The summed E-state index contributed by atoms with van der Waals surface area (Å²) in [5, 5.41) is 2.85. The van der Waals surface area contributed by atoms with Crippen LogP contribution in [0.2, 0.25) is 0 Å². The highest BCUT2D eigenvalue weighted by Crippen LogP contribution is 2.23. The number of hydrogen-bond donors (Lipinski definition) is 1. The molecule has 1 atom stereocenters. The molecule has 1 aliphatic heterocycles. The number of hydrogen-bond acceptors (Lipinski definition) is 2. The molecule has 0 bridgehead atoms. The van der Waals surface area contributed by atoms with Gasteiger partial charge in [-0.1, -0.05) is 24.3 Å². The average Bonchev–Trinajstić information content (AvgIpc) is 2.66. The van der Waals surface area contributed by atoms with Crippen molar-refractivity contribution in [2.24, 2.45) is 0 Å². The first-order valence-electron chi connectivity index (χ1n) is 5.14. The van der Waals surface area contributed by atoms with Crippen molar-refractivity contribution < 1.29 is 9.53 Å². The molecule has 1 saturated heterocycles. The Bertz CT molecular complexity index is 362. The predicted molar refractivity (Wildman–Crippen MR) is 57.5 cm³/mol. The van der Waals surface area contributed by atoms with Gasteiger partial charge in [0.05, 0.1) is 6.61 Å². The Morgan fingerprint density at radius 1 is 1.53 bits per heavy atom. The highest BCUT2D eigenvalue weighted by Gasteiger charge is 2.22. The SMILES string of the molecule is COCc1cccc(C2CNC(=O)C2)c1. The lowest BCUT2D eigenvalue weighted by Crippen LogP contribution is -2.13. The molecule has 1 aromatic rings. The van der Waals surface area contributed by atoms with Crippen LogP contribution < -0.4 is 5.32 Å². The van der Waals surface area contributed by atoms with Crippen molar-refractivity contribution in [1.29, 1.82) is 0 Å². The maximum absolute atomic E-state index is 11.1. The topological polar surface area (TPSA) is 38.3 Å². The van der Waals surface area contributed by atoms with Crippen molar-refractivity contribution in [2.45, 2.75) is 18.9 Å². The van der Waals surface area contributed by atoms with Gasteiger partial charge in [0.25, 0.3) is 0 Å². The van der Waals surface area contributed by atoms with Crippen LogP contribution in [-0.2, 0) is 16.1 Å². The van der Waals surface area contributed by atoms with Crippen LogP contribution in [0.5, 0.6) is 0 Å². The van der Waals surface area contributed by atoms with Crippen LogP contribution in [-0.4, -0.2) is 19.6 Å². The zero-order valence-electron chi connectivity index (χ0n) is 8.82. The van der Waals surface area contributed by atoms with E-state index >= 15 is 0 Å². The van der Waals surface area contributed by atoms with E-state index in [1.165, 1.54) is 5.56 Å². The molecule has 0 radical (unpaired) electrons. The van der Waals surface area contributed by atoms with E-state index in [0.29, 0.717) is 18.9 Å². The first kappa shape index (κ1) is 10.2. The molecule has 15 heavy (non-hydrogen) atoms. The van der Waals surface area contributed by atoms with E-state index in [9.17, 15) is 4.79 Å². The largest absolute Gasteiger partial charge is 0.380 e. The van der Waals surface area contributed by atoms with Gasteiger partial charge in [0, 0.05) is 26.0 Å². The maximum atomic E-state index is 11.1. The smallest absolute Gasteiger partial charge is 0.220 e. The van der Waals surface area contributed by atoms with Gasteiger partial charge in [-0.25, -0.2) is 0 Å². The molecule has 0 aromatic heterocycles. The third kappa shape index (κ3) is 2.36. The first-order chi connectivity index (χ1) is 7.29. The summed E-state index contributed by atoms with van der Waals surface area (Å²) in [5.74, 6) is 0.478. The first-order valence-corrected chi connectivity index (χ1v) is 5.14. The summed E-state index contributed by atoms with van der Waals surface area (Å²) in [6, 6.07) is 8.25. The minimum atomic E-state index is 0.150. The normalized spacial score (nSPS) is 20.3. The van der Waals surface area contributed by atoms with Crippen LogP contribution in [0.4, 0.5) is 0 Å². The van der Waals surface area contributed by atoms with Gasteiger partial charge in [-0.05, 0) is 11.1 Å². The minimum Gasteiger partial charge on any atom is -0.380 e. The summed E-state index contributed by atoms with van der Waals surface area (Å²) in [4.78, 5) is 11.1. The Balaban J connectivity index is 2.14. The molecule has 1 aliphatic rings. The third-order valence-corrected chi connectivity index (χ3v) is 2.71. The molecule has 1 fully saturated rings. The van der Waals surface area contributed by atoms with Crippen LogP contribution >= 0.6 is 0 Å². The van der Waals surface area contributed by atoms with Crippen LogP contribution in [0.25, 0.3) is 0 Å². The second-order valence-corrected chi connectivity index (χ2v) is 3.88. The lowest BCUT2D eigenvalue weighted by Gasteiger charge is -2.09. The summed E-state index contributed by atoms with van der Waals surface area (Å²) < 4.78 is 5.08. The van der Waals surface area contributed by atoms with Gasteiger partial charge in [-0.15, -0.1) is 0 Å². The number of benzene rings is 1. The lowest BCUT2D eigenvalue weighted by atomic mass is 9.97. The van der Waals surface area contributed by atoms with Gasteiger partial charge >= 0.3 is 0 Å². The predicted octanol–water partition coefficient (Wildman–Crippen LogP) is 1.44. The number of carbonyl (C=O) groups excluding carboxylic acids is 1. The Morgan fingerprint density at radius 2 is 2.40 bits per heavy atom. The van der Waals surface area contributed by atoms with Gasteiger partial charge in [0.1, 0.15) is 0 Å². The van der Waals surface area contributed by atoms with Gasteiger partial charge in [0.15, 0.2) is 0 Å². The molecule has 1 aromatic carbocycles. The molecule has 2 rings (SSSR count). The molecule has 0 spiro atoms. The molecule has 1 N–H and O–H groups in total. The summed E-state index contributed by atoms with van der Waals surface area (Å²) in [5.41, 5.74) is 2.39. The third-order valence-electron chi connectivity index (χ3n) is 2.71. The molecule has 0 saturated carbocycles. The molecule has 3 nitrogen and oxygen atoms in total. The zero-order valence-corrected chi connectivity index (χ0v) is 8.82.